The maximum absolute atomic E-state index is 11.6. The summed E-state index contributed by atoms with van der Waals surface area (Å²) >= 11 is 0. The quantitative estimate of drug-likeness (QED) is 0.795. The van der Waals surface area contributed by atoms with Crippen molar-refractivity contribution in [2.75, 3.05) is 13.1 Å². The number of carbonyl (C=O) groups excluding carboxylic acids is 1. The molecule has 1 aliphatic heterocycles. The van der Waals surface area contributed by atoms with Gasteiger partial charge in [0.25, 0.3) is 0 Å². The molecule has 2 nitrogen and oxygen atoms in total. The highest BCUT2D eigenvalue weighted by molar-refractivity contribution is 5.80. The van der Waals surface area contributed by atoms with Gasteiger partial charge in [-0.05, 0) is 11.5 Å². The molecule has 0 amide bonds. The second-order valence-corrected chi connectivity index (χ2v) is 5.10. The van der Waals surface area contributed by atoms with Crippen LogP contribution in [0.3, 0.4) is 0 Å². The van der Waals surface area contributed by atoms with Crippen LogP contribution >= 0.6 is 0 Å². The molecule has 0 bridgehead atoms. The molecule has 1 heterocycles. The fourth-order valence-electron chi connectivity index (χ4n) is 2.47. The van der Waals surface area contributed by atoms with Crippen molar-refractivity contribution in [1.29, 1.82) is 0 Å². The van der Waals surface area contributed by atoms with Gasteiger partial charge in [0.2, 0.25) is 0 Å². The molecular weight excluding hydrogens is 210 g/mol. The van der Waals surface area contributed by atoms with Crippen LogP contribution in [0.2, 0.25) is 0 Å². The van der Waals surface area contributed by atoms with Crippen molar-refractivity contribution in [1.82, 2.24) is 4.90 Å². The number of hydrogen-bond donors (Lipinski definition) is 0. The van der Waals surface area contributed by atoms with Crippen LogP contribution in [0.15, 0.2) is 30.3 Å². The Balaban J connectivity index is 2.17. The lowest BCUT2D eigenvalue weighted by atomic mass is 9.93. The van der Waals surface area contributed by atoms with E-state index in [-0.39, 0.29) is 6.04 Å². The van der Waals surface area contributed by atoms with Gasteiger partial charge in [-0.1, -0.05) is 44.2 Å². The number of nitrogens with zero attached hydrogens (tertiary/aromatic N) is 1. The Bertz CT molecular complexity index is 372. The van der Waals surface area contributed by atoms with Crippen LogP contribution in [0.1, 0.15) is 38.3 Å². The molecule has 91 valence electrons. The second-order valence-electron chi connectivity index (χ2n) is 5.10. The molecule has 0 aromatic heterocycles. The SMILES string of the molecule is C[C](C)CN1CCC(=O)CC1c1ccccc1. The first-order valence-electron chi connectivity index (χ1n) is 6.26. The molecule has 17 heavy (non-hydrogen) atoms. The summed E-state index contributed by atoms with van der Waals surface area (Å²) in [5, 5.41) is 0. The van der Waals surface area contributed by atoms with Crippen LogP contribution in [0, 0.1) is 5.92 Å². The minimum absolute atomic E-state index is 0.271. The number of Topliss-reactive ketones (excluding diaryl/α,β-unsaturated/α-hetero) is 1. The summed E-state index contributed by atoms with van der Waals surface area (Å²) < 4.78 is 0. The van der Waals surface area contributed by atoms with E-state index in [1.54, 1.807) is 0 Å². The summed E-state index contributed by atoms with van der Waals surface area (Å²) in [5.41, 5.74) is 1.27. The zero-order valence-corrected chi connectivity index (χ0v) is 10.6. The van der Waals surface area contributed by atoms with E-state index in [0.29, 0.717) is 18.6 Å². The Morgan fingerprint density at radius 1 is 1.29 bits per heavy atom. The van der Waals surface area contributed by atoms with Gasteiger partial charge in [-0.15, -0.1) is 0 Å². The standard InChI is InChI=1S/C15H20NO/c1-12(2)11-16-9-8-14(17)10-15(16)13-6-4-3-5-7-13/h3-7,15H,8-11H2,1-2H3. The molecule has 0 saturated carbocycles. The zero-order chi connectivity index (χ0) is 12.3. The molecule has 0 N–H and O–H groups in total. The molecule has 2 rings (SSSR count). The topological polar surface area (TPSA) is 20.3 Å². The van der Waals surface area contributed by atoms with Crippen molar-refractivity contribution >= 4 is 5.78 Å². The van der Waals surface area contributed by atoms with E-state index >= 15 is 0 Å². The van der Waals surface area contributed by atoms with E-state index in [9.17, 15) is 4.79 Å². The van der Waals surface area contributed by atoms with Crippen molar-refractivity contribution in [3.8, 4) is 0 Å². The molecule has 1 aromatic rings. The zero-order valence-electron chi connectivity index (χ0n) is 10.6. The number of benzene rings is 1. The lowest BCUT2D eigenvalue weighted by Gasteiger charge is -2.36. The first-order valence-corrected chi connectivity index (χ1v) is 6.26. The van der Waals surface area contributed by atoms with Crippen LogP contribution in [-0.4, -0.2) is 23.8 Å². The third-order valence-corrected chi connectivity index (χ3v) is 3.24. The predicted molar refractivity (Wildman–Crippen MR) is 69.6 cm³/mol. The Morgan fingerprint density at radius 2 is 2.00 bits per heavy atom. The van der Waals surface area contributed by atoms with E-state index < -0.39 is 0 Å². The molecule has 1 fully saturated rings. The van der Waals surface area contributed by atoms with E-state index in [2.05, 4.69) is 43.0 Å². The van der Waals surface area contributed by atoms with Gasteiger partial charge in [0.05, 0.1) is 0 Å². The number of rotatable bonds is 3. The highest BCUT2D eigenvalue weighted by Crippen LogP contribution is 2.29. The van der Waals surface area contributed by atoms with Gasteiger partial charge in [-0.2, -0.15) is 0 Å². The van der Waals surface area contributed by atoms with Gasteiger partial charge in [0.1, 0.15) is 5.78 Å². The van der Waals surface area contributed by atoms with E-state index in [4.69, 9.17) is 0 Å². The van der Waals surface area contributed by atoms with Crippen LogP contribution in [0.5, 0.6) is 0 Å². The second kappa shape index (κ2) is 5.46. The van der Waals surface area contributed by atoms with Crippen LogP contribution < -0.4 is 0 Å². The molecular formula is C15H20NO. The minimum atomic E-state index is 0.271. The lowest BCUT2D eigenvalue weighted by Crippen LogP contribution is -2.38. The fourth-order valence-corrected chi connectivity index (χ4v) is 2.47. The average Bonchev–Trinajstić information content (AvgIpc) is 2.32. The van der Waals surface area contributed by atoms with Gasteiger partial charge in [-0.25, -0.2) is 0 Å². The third-order valence-electron chi connectivity index (χ3n) is 3.24. The molecule has 1 radical (unpaired) electrons. The number of piperidine rings is 1. The van der Waals surface area contributed by atoms with Crippen molar-refractivity contribution in [3.63, 3.8) is 0 Å². The Hall–Kier alpha value is -1.15. The summed E-state index contributed by atoms with van der Waals surface area (Å²) in [4.78, 5) is 14.1. The molecule has 1 saturated heterocycles. The minimum Gasteiger partial charge on any atom is -0.300 e. The molecule has 1 unspecified atom stereocenters. The number of likely N-dealkylation sites (tertiary alicyclic amines) is 1. The van der Waals surface area contributed by atoms with Gasteiger partial charge in [-0.3, -0.25) is 9.69 Å². The molecule has 1 atom stereocenters. The smallest absolute Gasteiger partial charge is 0.136 e. The van der Waals surface area contributed by atoms with Crippen LogP contribution in [0.4, 0.5) is 0 Å². The van der Waals surface area contributed by atoms with E-state index in [1.807, 2.05) is 6.07 Å². The molecule has 1 aromatic carbocycles. The number of carbonyl (C=O) groups is 1. The number of ketones is 1. The average molecular weight is 230 g/mol. The third kappa shape index (κ3) is 3.16. The van der Waals surface area contributed by atoms with Gasteiger partial charge >= 0.3 is 0 Å². The lowest BCUT2D eigenvalue weighted by molar-refractivity contribution is -0.123. The Labute approximate surface area is 104 Å². The monoisotopic (exact) mass is 230 g/mol. The maximum atomic E-state index is 11.6. The molecule has 2 heteroatoms. The Morgan fingerprint density at radius 3 is 2.65 bits per heavy atom. The molecule has 0 spiro atoms. The summed E-state index contributed by atoms with van der Waals surface area (Å²) in [7, 11) is 0. The summed E-state index contributed by atoms with van der Waals surface area (Å²) in [6, 6.07) is 10.6. The molecule has 0 aliphatic carbocycles. The van der Waals surface area contributed by atoms with Crippen molar-refractivity contribution in [2.24, 2.45) is 0 Å². The highest BCUT2D eigenvalue weighted by Gasteiger charge is 2.28. The predicted octanol–water partition coefficient (Wildman–Crippen LogP) is 3.01. The first-order chi connectivity index (χ1) is 8.16. The Kier molecular flexibility index (Phi) is 3.95. The van der Waals surface area contributed by atoms with Gasteiger partial charge in [0, 0.05) is 32.0 Å². The molecule has 1 aliphatic rings. The van der Waals surface area contributed by atoms with Crippen molar-refractivity contribution in [2.45, 2.75) is 32.7 Å². The van der Waals surface area contributed by atoms with Gasteiger partial charge in [0.15, 0.2) is 0 Å². The van der Waals surface area contributed by atoms with Crippen LogP contribution in [-0.2, 0) is 4.79 Å². The normalized spacial score (nSPS) is 22.1. The van der Waals surface area contributed by atoms with E-state index in [1.165, 1.54) is 11.5 Å². The van der Waals surface area contributed by atoms with Crippen molar-refractivity contribution < 1.29 is 4.79 Å². The summed E-state index contributed by atoms with van der Waals surface area (Å²) in [6.07, 6.45) is 1.37. The maximum Gasteiger partial charge on any atom is 0.136 e. The largest absolute Gasteiger partial charge is 0.300 e. The highest BCUT2D eigenvalue weighted by atomic mass is 16.1. The summed E-state index contributed by atoms with van der Waals surface area (Å²) in [5.74, 6) is 1.80. The van der Waals surface area contributed by atoms with Gasteiger partial charge < -0.3 is 0 Å². The van der Waals surface area contributed by atoms with Crippen LogP contribution in [0.25, 0.3) is 0 Å². The number of hydrogen-bond acceptors (Lipinski definition) is 2. The van der Waals surface area contributed by atoms with E-state index in [0.717, 1.165) is 13.1 Å². The first kappa shape index (κ1) is 12.3. The fraction of sp³-hybridized carbons (Fsp3) is 0.467. The van der Waals surface area contributed by atoms with Crippen molar-refractivity contribution in [3.05, 3.63) is 41.8 Å². The summed E-state index contributed by atoms with van der Waals surface area (Å²) in [6.45, 7) is 6.19.